The van der Waals surface area contributed by atoms with E-state index in [9.17, 15) is 5.11 Å². The second kappa shape index (κ2) is 7.16. The summed E-state index contributed by atoms with van der Waals surface area (Å²) in [7, 11) is 0. The number of aliphatic hydroxyl groups excluding tert-OH is 1. The average Bonchev–Trinajstić information content (AvgIpc) is 2.91. The van der Waals surface area contributed by atoms with Crippen molar-refractivity contribution in [2.45, 2.75) is 12.6 Å². The molecule has 0 aliphatic carbocycles. The third kappa shape index (κ3) is 4.49. The van der Waals surface area contributed by atoms with Gasteiger partial charge in [0.2, 0.25) is 0 Å². The Balaban J connectivity index is 1.62. The summed E-state index contributed by atoms with van der Waals surface area (Å²) in [6, 6.07) is 13.6. The first-order valence-electron chi connectivity index (χ1n) is 5.93. The van der Waals surface area contributed by atoms with E-state index in [2.05, 4.69) is 11.4 Å². The van der Waals surface area contributed by atoms with Crippen molar-refractivity contribution in [3.63, 3.8) is 0 Å². The average molecular weight is 263 g/mol. The van der Waals surface area contributed by atoms with Gasteiger partial charge in [-0.25, -0.2) is 0 Å². The highest BCUT2D eigenvalue weighted by Gasteiger charge is 2.04. The van der Waals surface area contributed by atoms with Gasteiger partial charge in [-0.3, -0.25) is 0 Å². The molecule has 1 aromatic carbocycles. The summed E-state index contributed by atoms with van der Waals surface area (Å²) in [4.78, 5) is 1.27. The van der Waals surface area contributed by atoms with Crippen LogP contribution in [0, 0.1) is 0 Å². The van der Waals surface area contributed by atoms with Crippen LogP contribution in [0.1, 0.15) is 4.88 Å². The summed E-state index contributed by atoms with van der Waals surface area (Å²) >= 11 is 1.71. The molecular formula is C14H17NO2S. The minimum Gasteiger partial charge on any atom is -0.491 e. The Morgan fingerprint density at radius 1 is 1.17 bits per heavy atom. The van der Waals surface area contributed by atoms with Gasteiger partial charge in [0.25, 0.3) is 0 Å². The maximum Gasteiger partial charge on any atom is 0.119 e. The number of thiophene rings is 1. The topological polar surface area (TPSA) is 41.5 Å². The third-order valence-corrected chi connectivity index (χ3v) is 3.32. The highest BCUT2D eigenvalue weighted by Crippen LogP contribution is 2.09. The van der Waals surface area contributed by atoms with Crippen LogP contribution >= 0.6 is 11.3 Å². The van der Waals surface area contributed by atoms with Crippen molar-refractivity contribution < 1.29 is 9.84 Å². The molecule has 0 aliphatic rings. The molecule has 4 heteroatoms. The fraction of sp³-hybridized carbons (Fsp3) is 0.286. The lowest BCUT2D eigenvalue weighted by Gasteiger charge is -2.12. The lowest BCUT2D eigenvalue weighted by molar-refractivity contribution is 0.106. The predicted molar refractivity (Wildman–Crippen MR) is 74.0 cm³/mol. The van der Waals surface area contributed by atoms with Crippen LogP contribution in [0.3, 0.4) is 0 Å². The molecule has 2 rings (SSSR count). The van der Waals surface area contributed by atoms with Crippen LogP contribution in [0.4, 0.5) is 0 Å². The molecule has 0 saturated heterocycles. The largest absolute Gasteiger partial charge is 0.491 e. The molecule has 3 nitrogen and oxygen atoms in total. The smallest absolute Gasteiger partial charge is 0.119 e. The number of aliphatic hydroxyl groups is 1. The lowest BCUT2D eigenvalue weighted by Crippen LogP contribution is -2.30. The van der Waals surface area contributed by atoms with Gasteiger partial charge in [0.1, 0.15) is 18.5 Å². The Morgan fingerprint density at radius 3 is 2.72 bits per heavy atom. The van der Waals surface area contributed by atoms with Crippen molar-refractivity contribution in [2.75, 3.05) is 13.2 Å². The van der Waals surface area contributed by atoms with Gasteiger partial charge in [0.15, 0.2) is 0 Å². The van der Waals surface area contributed by atoms with Gasteiger partial charge in [0, 0.05) is 18.0 Å². The molecule has 0 fully saturated rings. The van der Waals surface area contributed by atoms with Crippen molar-refractivity contribution in [2.24, 2.45) is 0 Å². The zero-order valence-corrected chi connectivity index (χ0v) is 10.9. The van der Waals surface area contributed by atoms with E-state index >= 15 is 0 Å². The van der Waals surface area contributed by atoms with Crippen LogP contribution in [0.5, 0.6) is 5.75 Å². The SMILES string of the molecule is OC(CNCc1cccs1)COc1ccccc1. The minimum atomic E-state index is -0.495. The molecule has 0 amide bonds. The van der Waals surface area contributed by atoms with Crippen LogP contribution in [0.25, 0.3) is 0 Å². The third-order valence-electron chi connectivity index (χ3n) is 2.44. The van der Waals surface area contributed by atoms with Crippen molar-refractivity contribution in [1.29, 1.82) is 0 Å². The fourth-order valence-corrected chi connectivity index (χ4v) is 2.22. The van der Waals surface area contributed by atoms with Crippen LogP contribution in [-0.2, 0) is 6.54 Å². The van der Waals surface area contributed by atoms with Gasteiger partial charge in [0.05, 0.1) is 0 Å². The van der Waals surface area contributed by atoms with Gasteiger partial charge in [-0.05, 0) is 23.6 Å². The summed E-state index contributed by atoms with van der Waals surface area (Å²) in [5.74, 6) is 0.787. The molecule has 1 atom stereocenters. The Morgan fingerprint density at radius 2 is 2.00 bits per heavy atom. The first kappa shape index (κ1) is 13.1. The highest BCUT2D eigenvalue weighted by atomic mass is 32.1. The number of ether oxygens (including phenoxy) is 1. The van der Waals surface area contributed by atoms with Gasteiger partial charge in [-0.15, -0.1) is 11.3 Å². The molecule has 0 bridgehead atoms. The Labute approximate surface area is 111 Å². The van der Waals surface area contributed by atoms with E-state index in [0.29, 0.717) is 13.2 Å². The predicted octanol–water partition coefficient (Wildman–Crippen LogP) is 2.28. The fourth-order valence-electron chi connectivity index (χ4n) is 1.54. The lowest BCUT2D eigenvalue weighted by atomic mass is 10.3. The van der Waals surface area contributed by atoms with E-state index < -0.39 is 6.10 Å². The Bertz CT molecular complexity index is 430. The normalized spacial score (nSPS) is 12.3. The van der Waals surface area contributed by atoms with Crippen LogP contribution in [-0.4, -0.2) is 24.4 Å². The number of rotatable bonds is 7. The molecule has 96 valence electrons. The first-order chi connectivity index (χ1) is 8.84. The molecule has 1 unspecified atom stereocenters. The number of hydrogen-bond donors (Lipinski definition) is 2. The van der Waals surface area contributed by atoms with Gasteiger partial charge in [-0.1, -0.05) is 24.3 Å². The molecule has 0 radical (unpaired) electrons. The summed E-state index contributed by atoms with van der Waals surface area (Å²) in [5, 5.41) is 15.0. The van der Waals surface area contributed by atoms with Gasteiger partial charge in [-0.2, -0.15) is 0 Å². The standard InChI is InChI=1S/C14H17NO2S/c16-12(9-15-10-14-7-4-8-18-14)11-17-13-5-2-1-3-6-13/h1-8,12,15-16H,9-11H2. The summed E-state index contributed by atoms with van der Waals surface area (Å²) in [5.41, 5.74) is 0. The van der Waals surface area contributed by atoms with Crippen molar-refractivity contribution in [3.8, 4) is 5.75 Å². The molecule has 2 N–H and O–H groups in total. The van der Waals surface area contributed by atoms with Crippen LogP contribution in [0.15, 0.2) is 47.8 Å². The van der Waals surface area contributed by atoms with E-state index in [1.807, 2.05) is 41.8 Å². The molecule has 1 heterocycles. The zero-order chi connectivity index (χ0) is 12.6. The minimum absolute atomic E-state index is 0.307. The molecule has 18 heavy (non-hydrogen) atoms. The number of hydrogen-bond acceptors (Lipinski definition) is 4. The van der Waals surface area contributed by atoms with Gasteiger partial charge < -0.3 is 15.2 Å². The van der Waals surface area contributed by atoms with Crippen LogP contribution in [0.2, 0.25) is 0 Å². The second-order valence-electron chi connectivity index (χ2n) is 3.99. The monoisotopic (exact) mass is 263 g/mol. The maximum absolute atomic E-state index is 9.76. The molecular weight excluding hydrogens is 246 g/mol. The molecule has 2 aromatic rings. The number of nitrogens with one attached hydrogen (secondary N) is 1. The highest BCUT2D eigenvalue weighted by molar-refractivity contribution is 7.09. The Hall–Kier alpha value is -1.36. The molecule has 0 aliphatic heterocycles. The second-order valence-corrected chi connectivity index (χ2v) is 5.02. The van der Waals surface area contributed by atoms with Crippen LogP contribution < -0.4 is 10.1 Å². The molecule has 0 spiro atoms. The van der Waals surface area contributed by atoms with Gasteiger partial charge >= 0.3 is 0 Å². The van der Waals surface area contributed by atoms with Crippen molar-refractivity contribution >= 4 is 11.3 Å². The van der Waals surface area contributed by atoms with E-state index in [4.69, 9.17) is 4.74 Å². The summed E-state index contributed by atoms with van der Waals surface area (Å²) < 4.78 is 5.47. The Kier molecular flexibility index (Phi) is 5.20. The number of para-hydroxylation sites is 1. The van der Waals surface area contributed by atoms with Crippen molar-refractivity contribution in [3.05, 3.63) is 52.7 Å². The van der Waals surface area contributed by atoms with E-state index in [0.717, 1.165) is 12.3 Å². The first-order valence-corrected chi connectivity index (χ1v) is 6.81. The zero-order valence-electron chi connectivity index (χ0n) is 10.1. The summed E-state index contributed by atoms with van der Waals surface area (Å²) in [6.07, 6.45) is -0.495. The number of benzene rings is 1. The molecule has 0 saturated carbocycles. The van der Waals surface area contributed by atoms with E-state index in [1.54, 1.807) is 11.3 Å². The quantitative estimate of drug-likeness (QED) is 0.805. The maximum atomic E-state index is 9.76. The van der Waals surface area contributed by atoms with E-state index in [-0.39, 0.29) is 0 Å². The molecule has 1 aromatic heterocycles. The van der Waals surface area contributed by atoms with Crippen molar-refractivity contribution in [1.82, 2.24) is 5.32 Å². The summed E-state index contributed by atoms with van der Waals surface area (Å²) in [6.45, 7) is 1.63. The van der Waals surface area contributed by atoms with E-state index in [1.165, 1.54) is 4.88 Å².